The first-order valence-corrected chi connectivity index (χ1v) is 7.29. The Balaban J connectivity index is 1.96. The zero-order valence-corrected chi connectivity index (χ0v) is 12.4. The first-order chi connectivity index (χ1) is 10.0. The Morgan fingerprint density at radius 3 is 2.76 bits per heavy atom. The van der Waals surface area contributed by atoms with Crippen LogP contribution in [0.25, 0.3) is 6.08 Å². The number of rotatable bonds is 7. The molecule has 2 unspecified atom stereocenters. The minimum absolute atomic E-state index is 0.278. The molecule has 1 aliphatic rings. The number of hydrogen-bond acceptors (Lipinski definition) is 3. The van der Waals surface area contributed by atoms with Crippen LogP contribution in [0.3, 0.4) is 0 Å². The Labute approximate surface area is 124 Å². The van der Waals surface area contributed by atoms with Gasteiger partial charge < -0.3 is 14.4 Å². The van der Waals surface area contributed by atoms with Gasteiger partial charge in [0.2, 0.25) is 5.91 Å². The number of carboxylic acids is 1. The quantitative estimate of drug-likeness (QED) is 0.784. The minimum atomic E-state index is -1.01. The van der Waals surface area contributed by atoms with Gasteiger partial charge in [-0.1, -0.05) is 13.8 Å². The third kappa shape index (κ3) is 4.21. The molecular formula is C16H21NO4. The summed E-state index contributed by atoms with van der Waals surface area (Å²) in [7, 11) is 0. The van der Waals surface area contributed by atoms with Crippen molar-refractivity contribution in [1.82, 2.24) is 4.90 Å². The number of hydrogen-bond donors (Lipinski definition) is 1. The monoisotopic (exact) mass is 291 g/mol. The highest BCUT2D eigenvalue weighted by Crippen LogP contribution is 2.47. The molecule has 0 aromatic carbocycles. The molecule has 5 nitrogen and oxygen atoms in total. The van der Waals surface area contributed by atoms with Gasteiger partial charge in [-0.2, -0.15) is 0 Å². The molecule has 1 aromatic heterocycles. The molecule has 21 heavy (non-hydrogen) atoms. The van der Waals surface area contributed by atoms with Gasteiger partial charge in [0.1, 0.15) is 18.1 Å². The van der Waals surface area contributed by atoms with E-state index in [1.165, 1.54) is 11.0 Å². The van der Waals surface area contributed by atoms with Crippen molar-refractivity contribution < 1.29 is 19.1 Å². The lowest BCUT2D eigenvalue weighted by Gasteiger charge is -2.17. The van der Waals surface area contributed by atoms with Crippen molar-refractivity contribution in [3.05, 3.63) is 29.7 Å². The number of furan rings is 1. The van der Waals surface area contributed by atoms with Crippen molar-refractivity contribution in [3.63, 3.8) is 0 Å². The topological polar surface area (TPSA) is 70.8 Å². The average molecular weight is 291 g/mol. The van der Waals surface area contributed by atoms with Crippen molar-refractivity contribution in [2.75, 3.05) is 13.1 Å². The third-order valence-electron chi connectivity index (χ3n) is 3.64. The molecule has 1 fully saturated rings. The summed E-state index contributed by atoms with van der Waals surface area (Å²) < 4.78 is 5.68. The van der Waals surface area contributed by atoms with E-state index in [9.17, 15) is 9.59 Å². The second-order valence-corrected chi connectivity index (χ2v) is 5.55. The smallest absolute Gasteiger partial charge is 0.323 e. The molecule has 1 saturated carbocycles. The van der Waals surface area contributed by atoms with Crippen LogP contribution < -0.4 is 0 Å². The van der Waals surface area contributed by atoms with Gasteiger partial charge in [-0.05, 0) is 37.0 Å². The average Bonchev–Trinajstić information content (AvgIpc) is 2.98. The maximum Gasteiger partial charge on any atom is 0.323 e. The molecule has 1 heterocycles. The van der Waals surface area contributed by atoms with Crippen LogP contribution in [0.1, 0.15) is 44.1 Å². The van der Waals surface area contributed by atoms with Crippen LogP contribution in [-0.4, -0.2) is 35.0 Å². The molecule has 1 aromatic rings. The normalized spacial score (nSPS) is 20.7. The standard InChI is InChI=1S/C16H21NO4/c1-3-8-17(10-16(19)20)15(18)7-5-12-4-6-14(21-12)13-9-11(13)2/h4-7,11,13H,3,8-10H2,1-2H3,(H,19,20)/b7-5+. The molecule has 1 N–H and O–H groups in total. The third-order valence-corrected chi connectivity index (χ3v) is 3.64. The predicted molar refractivity (Wildman–Crippen MR) is 78.8 cm³/mol. The molecule has 0 bridgehead atoms. The van der Waals surface area contributed by atoms with Crippen molar-refractivity contribution in [1.29, 1.82) is 0 Å². The summed E-state index contributed by atoms with van der Waals surface area (Å²) in [6.45, 7) is 4.24. The molecule has 2 atom stereocenters. The summed E-state index contributed by atoms with van der Waals surface area (Å²) in [5.41, 5.74) is 0. The highest BCUT2D eigenvalue weighted by atomic mass is 16.4. The fourth-order valence-corrected chi connectivity index (χ4v) is 2.33. The van der Waals surface area contributed by atoms with Crippen LogP contribution in [0.2, 0.25) is 0 Å². The fourth-order valence-electron chi connectivity index (χ4n) is 2.33. The largest absolute Gasteiger partial charge is 0.480 e. The molecule has 5 heteroatoms. The summed E-state index contributed by atoms with van der Waals surface area (Å²) in [6, 6.07) is 3.78. The minimum Gasteiger partial charge on any atom is -0.480 e. The number of aliphatic carboxylic acids is 1. The Morgan fingerprint density at radius 2 is 2.19 bits per heavy atom. The Hall–Kier alpha value is -2.04. The summed E-state index contributed by atoms with van der Waals surface area (Å²) in [6.07, 6.45) is 4.84. The summed E-state index contributed by atoms with van der Waals surface area (Å²) in [4.78, 5) is 24.0. The second-order valence-electron chi connectivity index (χ2n) is 5.55. The van der Waals surface area contributed by atoms with E-state index in [1.807, 2.05) is 19.1 Å². The van der Waals surface area contributed by atoms with Crippen molar-refractivity contribution >= 4 is 18.0 Å². The van der Waals surface area contributed by atoms with Crippen molar-refractivity contribution in [2.45, 2.75) is 32.6 Å². The maximum absolute atomic E-state index is 12.0. The molecule has 0 radical (unpaired) electrons. The van der Waals surface area contributed by atoms with Crippen LogP contribution in [0, 0.1) is 5.92 Å². The van der Waals surface area contributed by atoms with E-state index in [0.29, 0.717) is 24.1 Å². The zero-order chi connectivity index (χ0) is 15.4. The molecule has 2 rings (SSSR count). The van der Waals surface area contributed by atoms with Gasteiger partial charge in [-0.3, -0.25) is 9.59 Å². The van der Waals surface area contributed by atoms with E-state index in [-0.39, 0.29) is 12.5 Å². The molecule has 1 amide bonds. The van der Waals surface area contributed by atoms with E-state index in [0.717, 1.165) is 18.6 Å². The summed E-state index contributed by atoms with van der Waals surface area (Å²) in [5, 5.41) is 8.80. The van der Waals surface area contributed by atoms with E-state index in [4.69, 9.17) is 9.52 Å². The lowest BCUT2D eigenvalue weighted by Crippen LogP contribution is -2.35. The fraction of sp³-hybridized carbons (Fsp3) is 0.500. The number of amides is 1. The van der Waals surface area contributed by atoms with Crippen LogP contribution in [0.15, 0.2) is 22.6 Å². The Morgan fingerprint density at radius 1 is 1.48 bits per heavy atom. The molecule has 1 aliphatic carbocycles. The SMILES string of the molecule is CCCN(CC(=O)O)C(=O)/C=C/c1ccc(C2CC2C)o1. The van der Waals surface area contributed by atoms with Crippen LogP contribution in [0.5, 0.6) is 0 Å². The zero-order valence-electron chi connectivity index (χ0n) is 12.4. The summed E-state index contributed by atoms with van der Waals surface area (Å²) in [5.74, 6) is 1.46. The molecule has 114 valence electrons. The predicted octanol–water partition coefficient (Wildman–Crippen LogP) is 2.74. The van der Waals surface area contributed by atoms with Crippen LogP contribution >= 0.6 is 0 Å². The molecular weight excluding hydrogens is 270 g/mol. The van der Waals surface area contributed by atoms with E-state index >= 15 is 0 Å². The first-order valence-electron chi connectivity index (χ1n) is 7.29. The van der Waals surface area contributed by atoms with Gasteiger partial charge in [-0.25, -0.2) is 0 Å². The van der Waals surface area contributed by atoms with Gasteiger partial charge in [-0.15, -0.1) is 0 Å². The van der Waals surface area contributed by atoms with Gasteiger partial charge >= 0.3 is 5.97 Å². The summed E-state index contributed by atoms with van der Waals surface area (Å²) >= 11 is 0. The molecule has 0 aliphatic heterocycles. The molecule has 0 saturated heterocycles. The Bertz CT molecular complexity index is 546. The lowest BCUT2D eigenvalue weighted by molar-refractivity contribution is -0.142. The first kappa shape index (κ1) is 15.4. The van der Waals surface area contributed by atoms with Gasteiger partial charge in [0.25, 0.3) is 0 Å². The number of carbonyl (C=O) groups excluding carboxylic acids is 1. The lowest BCUT2D eigenvalue weighted by atomic mass is 10.3. The number of carboxylic acid groups (broad SMARTS) is 1. The second kappa shape index (κ2) is 6.61. The Kier molecular flexibility index (Phi) is 4.83. The van der Waals surface area contributed by atoms with Gasteiger partial charge in [0, 0.05) is 18.5 Å². The molecule has 0 spiro atoms. The van der Waals surface area contributed by atoms with Crippen molar-refractivity contribution in [2.24, 2.45) is 5.92 Å². The highest BCUT2D eigenvalue weighted by Gasteiger charge is 2.36. The number of nitrogens with zero attached hydrogens (tertiary/aromatic N) is 1. The van der Waals surface area contributed by atoms with Crippen LogP contribution in [0.4, 0.5) is 0 Å². The van der Waals surface area contributed by atoms with Gasteiger partial charge in [0.05, 0.1) is 0 Å². The van der Waals surface area contributed by atoms with E-state index in [1.54, 1.807) is 6.08 Å². The van der Waals surface area contributed by atoms with E-state index in [2.05, 4.69) is 6.92 Å². The number of carbonyl (C=O) groups is 2. The van der Waals surface area contributed by atoms with Crippen LogP contribution in [-0.2, 0) is 9.59 Å². The van der Waals surface area contributed by atoms with Crippen molar-refractivity contribution in [3.8, 4) is 0 Å². The highest BCUT2D eigenvalue weighted by molar-refractivity contribution is 5.93. The maximum atomic E-state index is 12.0. The van der Waals surface area contributed by atoms with Gasteiger partial charge in [0.15, 0.2) is 0 Å². The van der Waals surface area contributed by atoms with E-state index < -0.39 is 5.97 Å².